The van der Waals surface area contributed by atoms with Gasteiger partial charge in [-0.15, -0.1) is 0 Å². The summed E-state index contributed by atoms with van der Waals surface area (Å²) < 4.78 is 1.56. The topological polar surface area (TPSA) is 30.2 Å². The molecule has 2 aromatic heterocycles. The summed E-state index contributed by atoms with van der Waals surface area (Å²) in [6.07, 6.45) is 3.09. The predicted molar refractivity (Wildman–Crippen MR) is 43.0 cm³/mol. The van der Waals surface area contributed by atoms with Crippen LogP contribution in [0.3, 0.4) is 0 Å². The summed E-state index contributed by atoms with van der Waals surface area (Å²) >= 11 is 11.6. The smallest absolute Gasteiger partial charge is 0.236 e. The fraction of sp³-hybridized carbons (Fsp3) is 0. The van der Waals surface area contributed by atoms with Crippen molar-refractivity contribution in [2.75, 3.05) is 0 Å². The number of nitrogens with zero attached hydrogens (tertiary/aromatic N) is 3. The standard InChI is InChI=1S/C6H3Cl2N3/c7-4-1-2-9-6-10-3-5(8)11(4)6/h1-3H. The number of imidazole rings is 1. The fourth-order valence-corrected chi connectivity index (χ4v) is 1.33. The summed E-state index contributed by atoms with van der Waals surface area (Å²) in [7, 11) is 0. The molecule has 0 saturated heterocycles. The molecule has 0 aromatic carbocycles. The molecular weight excluding hydrogens is 185 g/mol. The molecule has 0 radical (unpaired) electrons. The summed E-state index contributed by atoms with van der Waals surface area (Å²) in [6.45, 7) is 0. The minimum absolute atomic E-state index is 0.470. The highest BCUT2D eigenvalue weighted by atomic mass is 35.5. The van der Waals surface area contributed by atoms with Gasteiger partial charge in [-0.25, -0.2) is 9.97 Å². The van der Waals surface area contributed by atoms with Crippen molar-refractivity contribution in [3.05, 3.63) is 28.8 Å². The van der Waals surface area contributed by atoms with Gasteiger partial charge in [-0.2, -0.15) is 0 Å². The molecule has 2 heterocycles. The van der Waals surface area contributed by atoms with Crippen LogP contribution in [0.5, 0.6) is 0 Å². The maximum Gasteiger partial charge on any atom is 0.236 e. The number of fused-ring (bicyclic) bond motifs is 1. The molecule has 0 saturated carbocycles. The Morgan fingerprint density at radius 3 is 2.73 bits per heavy atom. The zero-order valence-electron chi connectivity index (χ0n) is 5.33. The van der Waals surface area contributed by atoms with Gasteiger partial charge in [0.25, 0.3) is 0 Å². The molecule has 0 unspecified atom stereocenters. The second kappa shape index (κ2) is 2.36. The van der Waals surface area contributed by atoms with Crippen LogP contribution in [0.15, 0.2) is 18.5 Å². The Morgan fingerprint density at radius 1 is 1.18 bits per heavy atom. The lowest BCUT2D eigenvalue weighted by atomic mass is 10.7. The van der Waals surface area contributed by atoms with Crippen molar-refractivity contribution in [1.29, 1.82) is 0 Å². The molecule has 0 aliphatic carbocycles. The van der Waals surface area contributed by atoms with Gasteiger partial charge in [-0.05, 0) is 6.07 Å². The van der Waals surface area contributed by atoms with Gasteiger partial charge in [-0.3, -0.25) is 4.40 Å². The molecule has 0 bridgehead atoms. The molecule has 0 atom stereocenters. The molecule has 5 heteroatoms. The van der Waals surface area contributed by atoms with Gasteiger partial charge < -0.3 is 0 Å². The molecule has 0 aliphatic rings. The van der Waals surface area contributed by atoms with Gasteiger partial charge in [0.05, 0.1) is 6.20 Å². The van der Waals surface area contributed by atoms with Crippen LogP contribution in [0, 0.1) is 0 Å². The molecular formula is C6H3Cl2N3. The molecule has 56 valence electrons. The van der Waals surface area contributed by atoms with E-state index in [1.54, 1.807) is 16.7 Å². The number of hydrogen-bond donors (Lipinski definition) is 0. The lowest BCUT2D eigenvalue weighted by molar-refractivity contribution is 1.11. The van der Waals surface area contributed by atoms with Crippen LogP contribution in [-0.4, -0.2) is 14.4 Å². The summed E-state index contributed by atoms with van der Waals surface area (Å²) in [4.78, 5) is 7.86. The molecule has 0 amide bonds. The molecule has 2 aromatic rings. The summed E-state index contributed by atoms with van der Waals surface area (Å²) in [5.74, 6) is 0.516. The van der Waals surface area contributed by atoms with Crippen LogP contribution in [0.1, 0.15) is 0 Å². The summed E-state index contributed by atoms with van der Waals surface area (Å²) in [6, 6.07) is 1.65. The van der Waals surface area contributed by atoms with Crippen LogP contribution < -0.4 is 0 Å². The Kier molecular flexibility index (Phi) is 1.47. The third-order valence-corrected chi connectivity index (χ3v) is 1.88. The normalized spacial score (nSPS) is 10.7. The Bertz CT molecular complexity index is 396. The summed E-state index contributed by atoms with van der Waals surface area (Å²) in [5, 5.41) is 0.982. The van der Waals surface area contributed by atoms with E-state index in [2.05, 4.69) is 9.97 Å². The van der Waals surface area contributed by atoms with E-state index in [0.29, 0.717) is 16.1 Å². The van der Waals surface area contributed by atoms with Crippen molar-refractivity contribution in [2.24, 2.45) is 0 Å². The number of halogens is 2. The largest absolute Gasteiger partial charge is 0.257 e. The Balaban J connectivity index is 2.96. The Morgan fingerprint density at radius 2 is 2.00 bits per heavy atom. The van der Waals surface area contributed by atoms with Gasteiger partial charge in [0.2, 0.25) is 5.78 Å². The molecule has 11 heavy (non-hydrogen) atoms. The molecule has 2 rings (SSSR count). The lowest BCUT2D eigenvalue weighted by Crippen LogP contribution is -1.88. The maximum absolute atomic E-state index is 5.80. The highest BCUT2D eigenvalue weighted by Crippen LogP contribution is 2.16. The van der Waals surface area contributed by atoms with Gasteiger partial charge >= 0.3 is 0 Å². The van der Waals surface area contributed by atoms with Crippen LogP contribution in [0.2, 0.25) is 10.3 Å². The van der Waals surface area contributed by atoms with E-state index in [1.807, 2.05) is 0 Å². The first-order valence-electron chi connectivity index (χ1n) is 2.92. The van der Waals surface area contributed by atoms with Gasteiger partial charge in [-0.1, -0.05) is 23.2 Å². The third kappa shape index (κ3) is 0.968. The van der Waals surface area contributed by atoms with Crippen molar-refractivity contribution < 1.29 is 0 Å². The zero-order chi connectivity index (χ0) is 7.84. The lowest BCUT2D eigenvalue weighted by Gasteiger charge is -1.94. The Hall–Kier alpha value is -0.800. The van der Waals surface area contributed by atoms with E-state index in [0.717, 1.165) is 0 Å². The molecule has 0 N–H and O–H groups in total. The minimum Gasteiger partial charge on any atom is -0.257 e. The van der Waals surface area contributed by atoms with Crippen molar-refractivity contribution in [1.82, 2.24) is 14.4 Å². The van der Waals surface area contributed by atoms with Crippen LogP contribution >= 0.6 is 23.2 Å². The highest BCUT2D eigenvalue weighted by molar-refractivity contribution is 6.32. The van der Waals surface area contributed by atoms with Crippen molar-refractivity contribution >= 4 is 29.0 Å². The number of hydrogen-bond acceptors (Lipinski definition) is 2. The van der Waals surface area contributed by atoms with E-state index < -0.39 is 0 Å². The van der Waals surface area contributed by atoms with Crippen LogP contribution in [0.25, 0.3) is 5.78 Å². The monoisotopic (exact) mass is 187 g/mol. The minimum atomic E-state index is 0.470. The first-order valence-corrected chi connectivity index (χ1v) is 3.68. The Labute approximate surface area is 72.6 Å². The van der Waals surface area contributed by atoms with E-state index >= 15 is 0 Å². The van der Waals surface area contributed by atoms with Crippen LogP contribution in [0.4, 0.5) is 0 Å². The first-order chi connectivity index (χ1) is 5.29. The average Bonchev–Trinajstić information content (AvgIpc) is 2.34. The second-order valence-corrected chi connectivity index (χ2v) is 2.76. The fourth-order valence-electron chi connectivity index (χ4n) is 0.851. The predicted octanol–water partition coefficient (Wildman–Crippen LogP) is 2.04. The zero-order valence-corrected chi connectivity index (χ0v) is 6.84. The quantitative estimate of drug-likeness (QED) is 0.592. The molecule has 0 fully saturated rings. The number of rotatable bonds is 0. The summed E-state index contributed by atoms with van der Waals surface area (Å²) in [5.41, 5.74) is 0. The maximum atomic E-state index is 5.80. The van der Waals surface area contributed by atoms with E-state index in [-0.39, 0.29) is 0 Å². The third-order valence-electron chi connectivity index (χ3n) is 1.32. The van der Waals surface area contributed by atoms with Gasteiger partial charge in [0.15, 0.2) is 0 Å². The highest BCUT2D eigenvalue weighted by Gasteiger charge is 2.03. The second-order valence-electron chi connectivity index (χ2n) is 1.98. The molecule has 0 aliphatic heterocycles. The average molecular weight is 188 g/mol. The van der Waals surface area contributed by atoms with Crippen molar-refractivity contribution in [3.63, 3.8) is 0 Å². The molecule has 3 nitrogen and oxygen atoms in total. The molecule has 0 spiro atoms. The number of aromatic nitrogens is 3. The van der Waals surface area contributed by atoms with Crippen LogP contribution in [-0.2, 0) is 0 Å². The van der Waals surface area contributed by atoms with E-state index in [9.17, 15) is 0 Å². The van der Waals surface area contributed by atoms with E-state index in [4.69, 9.17) is 23.2 Å². The van der Waals surface area contributed by atoms with Crippen molar-refractivity contribution in [2.45, 2.75) is 0 Å². The van der Waals surface area contributed by atoms with Gasteiger partial charge in [0.1, 0.15) is 10.3 Å². The first kappa shape index (κ1) is 6.88. The van der Waals surface area contributed by atoms with Crippen molar-refractivity contribution in [3.8, 4) is 0 Å². The van der Waals surface area contributed by atoms with E-state index in [1.165, 1.54) is 6.20 Å². The van der Waals surface area contributed by atoms with Gasteiger partial charge in [0, 0.05) is 6.20 Å². The SMILES string of the molecule is Clc1ccnc2ncc(Cl)n12.